The lowest BCUT2D eigenvalue weighted by molar-refractivity contribution is -0.384. The highest BCUT2D eigenvalue weighted by molar-refractivity contribution is 7.92. The van der Waals surface area contributed by atoms with Crippen molar-refractivity contribution in [2.24, 2.45) is 23.7 Å². The average molecular weight is 1240 g/mol. The second-order valence-corrected chi connectivity index (χ2v) is 27.3. The molecule has 11 rings (SSSR count). The van der Waals surface area contributed by atoms with E-state index in [1.165, 1.54) is 83.1 Å². The van der Waals surface area contributed by atoms with Gasteiger partial charge >= 0.3 is 12.1 Å². The van der Waals surface area contributed by atoms with E-state index in [0.29, 0.717) is 48.3 Å². The number of benzene rings is 3. The summed E-state index contributed by atoms with van der Waals surface area (Å²) >= 11 is 13.1. The van der Waals surface area contributed by atoms with Crippen molar-refractivity contribution in [3.8, 4) is 5.75 Å². The van der Waals surface area contributed by atoms with Crippen LogP contribution in [0.3, 0.4) is 0 Å². The highest BCUT2D eigenvalue weighted by atomic mass is 35.5. The minimum atomic E-state index is -3.50. The number of anilines is 4. The van der Waals surface area contributed by atoms with Crippen LogP contribution >= 0.6 is 23.2 Å². The molecule has 8 atom stereocenters. The van der Waals surface area contributed by atoms with Gasteiger partial charge in [-0.3, -0.25) is 29.4 Å². The number of piperidine rings is 2. The minimum absolute atomic E-state index is 0.0243. The fourth-order valence-electron chi connectivity index (χ4n) is 12.0. The van der Waals surface area contributed by atoms with E-state index < -0.39 is 31.1 Å². The molecule has 6 aliphatic heterocycles. The van der Waals surface area contributed by atoms with Gasteiger partial charge in [0.1, 0.15) is 5.75 Å². The number of ether oxygens (including phenoxy) is 3. The number of nitro groups is 1. The van der Waals surface area contributed by atoms with E-state index in [4.69, 9.17) is 37.4 Å². The number of hydrogen-bond acceptors (Lipinski definition) is 18. The minimum Gasteiger partial charge on any atom is -0.409 e. The summed E-state index contributed by atoms with van der Waals surface area (Å²) in [6, 6.07) is 21.9. The molecular weight excluding hydrogens is 1170 g/mol. The van der Waals surface area contributed by atoms with Crippen LogP contribution < -0.4 is 29.3 Å². The maximum atomic E-state index is 13.0. The molecule has 0 bridgehead atoms. The van der Waals surface area contributed by atoms with Crippen LogP contribution in [0.15, 0.2) is 85.2 Å². The molecule has 0 aliphatic carbocycles. The number of carbonyl (C=O) groups is 2. The number of hydrogen-bond donors (Lipinski definition) is 3. The van der Waals surface area contributed by atoms with Crippen molar-refractivity contribution in [2.45, 2.75) is 76.8 Å². The summed E-state index contributed by atoms with van der Waals surface area (Å²) in [6.45, 7) is 15.5. The summed E-state index contributed by atoms with van der Waals surface area (Å²) in [5.74, 6) is 2.73. The zero-order chi connectivity index (χ0) is 60.0. The number of nitro benzene ring substituents is 1. The fourth-order valence-corrected chi connectivity index (χ4v) is 13.4. The van der Waals surface area contributed by atoms with Crippen LogP contribution in [0.5, 0.6) is 5.75 Å². The number of fused-ring (bicyclic) bond motifs is 2. The van der Waals surface area contributed by atoms with E-state index in [9.17, 15) is 36.5 Å². The molecule has 3 aromatic carbocycles. The second-order valence-electron chi connectivity index (χ2n) is 23.0. The lowest BCUT2D eigenvalue weighted by Crippen LogP contribution is -2.51. The Hall–Kier alpha value is -6.10. The Morgan fingerprint density at radius 2 is 1.19 bits per heavy atom. The van der Waals surface area contributed by atoms with E-state index in [2.05, 4.69) is 95.9 Å². The molecule has 28 heteroatoms. The van der Waals surface area contributed by atoms with Crippen molar-refractivity contribution in [1.82, 2.24) is 39.6 Å². The molecule has 0 spiro atoms. The average Bonchev–Trinajstić information content (AvgIpc) is 4.33. The lowest BCUT2D eigenvalue weighted by atomic mass is 9.97. The Bertz CT molecular complexity index is 3330. The number of rotatable bonds is 14. The van der Waals surface area contributed by atoms with Crippen LogP contribution in [0, 0.1) is 33.8 Å². The highest BCUT2D eigenvalue weighted by Crippen LogP contribution is 2.39. The summed E-state index contributed by atoms with van der Waals surface area (Å²) < 4.78 is 67.5. The van der Waals surface area contributed by atoms with Crippen molar-refractivity contribution in [1.29, 1.82) is 0 Å². The summed E-state index contributed by atoms with van der Waals surface area (Å²) in [5.41, 5.74) is 4.77. The Labute approximate surface area is 500 Å². The predicted molar refractivity (Wildman–Crippen MR) is 322 cm³/mol. The van der Waals surface area contributed by atoms with Gasteiger partial charge in [0.05, 0.1) is 65.3 Å². The Morgan fingerprint density at radius 3 is 1.65 bits per heavy atom. The van der Waals surface area contributed by atoms with Crippen LogP contribution in [-0.2, 0) is 42.6 Å². The number of carbonyl (C=O) groups excluding carboxylic acids is 2. The largest absolute Gasteiger partial charge is 0.440 e. The van der Waals surface area contributed by atoms with Crippen molar-refractivity contribution < 1.29 is 45.6 Å². The number of amides is 1. The van der Waals surface area contributed by atoms with Gasteiger partial charge in [0.25, 0.3) is 5.69 Å². The topological polar surface area (TPSA) is 261 Å². The quantitative estimate of drug-likeness (QED) is 0.0736. The molecule has 24 nitrogen and oxygen atoms in total. The number of aromatic nitrogens is 4. The summed E-state index contributed by atoms with van der Waals surface area (Å²) in [4.78, 5) is 46.3. The molecule has 0 saturated carbocycles. The third-order valence-electron chi connectivity index (χ3n) is 16.4. The predicted octanol–water partition coefficient (Wildman–Crippen LogP) is 7.15. The zero-order valence-corrected chi connectivity index (χ0v) is 51.2. The van der Waals surface area contributed by atoms with Crippen LogP contribution in [0.4, 0.5) is 38.3 Å². The van der Waals surface area contributed by atoms with Gasteiger partial charge in [-0.15, -0.1) is 10.2 Å². The number of likely N-dealkylation sites (tertiary alicyclic amines) is 1. The van der Waals surface area contributed by atoms with Crippen LogP contribution in [-0.4, -0.2) is 185 Å². The Balaban J connectivity index is 0.000000158. The third-order valence-corrected chi connectivity index (χ3v) is 18.2. The number of sulfonamides is 2. The summed E-state index contributed by atoms with van der Waals surface area (Å²) in [5, 5.41) is 23.5. The third kappa shape index (κ3) is 16.4. The van der Waals surface area contributed by atoms with Crippen LogP contribution in [0.1, 0.15) is 50.7 Å². The van der Waals surface area contributed by atoms with E-state index in [-0.39, 0.29) is 35.1 Å². The lowest BCUT2D eigenvalue weighted by Gasteiger charge is -2.41. The molecule has 6 saturated heterocycles. The molecule has 0 radical (unpaired) electrons. The smallest absolute Gasteiger partial charge is 0.409 e. The van der Waals surface area contributed by atoms with Gasteiger partial charge in [-0.1, -0.05) is 35.3 Å². The zero-order valence-electron chi connectivity index (χ0n) is 48.1. The fraction of sp³-hybridized carbons (Fsp3) is 0.536. The molecule has 84 heavy (non-hydrogen) atoms. The molecule has 8 heterocycles. The van der Waals surface area contributed by atoms with Gasteiger partial charge < -0.3 is 34.2 Å². The van der Waals surface area contributed by atoms with Gasteiger partial charge in [0.15, 0.2) is 11.6 Å². The molecule has 2 aromatic heterocycles. The second kappa shape index (κ2) is 27.1. The van der Waals surface area contributed by atoms with Gasteiger partial charge in [0.2, 0.25) is 20.0 Å². The molecule has 6 fully saturated rings. The van der Waals surface area contributed by atoms with Gasteiger partial charge in [0, 0.05) is 130 Å². The normalized spacial score (nSPS) is 24.0. The van der Waals surface area contributed by atoms with Crippen molar-refractivity contribution in [2.75, 3.05) is 112 Å². The molecule has 5 aromatic rings. The molecule has 3 N–H and O–H groups in total. The van der Waals surface area contributed by atoms with Crippen molar-refractivity contribution in [3.05, 3.63) is 116 Å². The standard InChI is InChI=1S/C25H35ClN6O4S.C20H30ClN3O.C11H10N4O6S/c1-17-10-21(6-8-31(17)25(33)32-9-7-24(27-32)28-37(3,34)35)29(2)12-18-4-5-22(26)23(11-18)30-13-19-15-36-16-20(19)14-30;1-14-7-18(5-6-22-14)23(2)9-15-3-4-19(21)20(8-15)24-10-16-12-25-13-17(16)11-24;1-22(19,20)13-10-6-7-14(12-10)11(16)21-9-4-2-8(3-5-9)15(17)18/h4-5,7,9,11,17,19-21H,6,8,10,12-16H2,1-3H3,(H,27,28);3-4,8,14,16-18,22H,5-7,9-13H2,1-2H3;2-7H,1H3,(H,12,13)/t17-,19?,20?,21-;14-,16?,17?,18-;/m11./s1. The first-order valence-electron chi connectivity index (χ1n) is 28.1. The molecular formula is C56H75Cl2N13O11S2. The molecule has 4 unspecified atom stereocenters. The maximum Gasteiger partial charge on any atom is 0.440 e. The molecule has 1 amide bonds. The molecule has 456 valence electrons. The first-order valence-corrected chi connectivity index (χ1v) is 32.7. The van der Waals surface area contributed by atoms with Crippen molar-refractivity contribution in [3.63, 3.8) is 0 Å². The van der Waals surface area contributed by atoms with E-state index >= 15 is 0 Å². The van der Waals surface area contributed by atoms with Crippen molar-refractivity contribution >= 4 is 84.1 Å². The van der Waals surface area contributed by atoms with E-state index in [1.807, 2.05) is 13.0 Å². The van der Waals surface area contributed by atoms with Crippen LogP contribution in [0.25, 0.3) is 0 Å². The number of halogens is 2. The maximum absolute atomic E-state index is 13.0. The number of nitrogens with one attached hydrogen (secondary N) is 3. The Kier molecular flexibility index (Phi) is 20.1. The first-order chi connectivity index (χ1) is 39.9. The van der Waals surface area contributed by atoms with Crippen LogP contribution in [0.2, 0.25) is 10.0 Å². The monoisotopic (exact) mass is 1240 g/mol. The van der Waals surface area contributed by atoms with Gasteiger partial charge in [-0.2, -0.15) is 9.36 Å². The summed E-state index contributed by atoms with van der Waals surface area (Å²) in [7, 11) is -2.56. The highest BCUT2D eigenvalue weighted by Gasteiger charge is 2.39. The van der Waals surface area contributed by atoms with Gasteiger partial charge in [-0.05, 0) is 108 Å². The molecule has 6 aliphatic rings. The Morgan fingerprint density at radius 1 is 0.714 bits per heavy atom. The van der Waals surface area contributed by atoms with E-state index in [0.717, 1.165) is 118 Å². The number of non-ortho nitro benzene ring substituents is 1. The number of nitrogens with zero attached hydrogens (tertiary/aromatic N) is 10. The van der Waals surface area contributed by atoms with Gasteiger partial charge in [-0.25, -0.2) is 26.4 Å². The van der Waals surface area contributed by atoms with E-state index in [1.54, 1.807) is 4.90 Å². The summed E-state index contributed by atoms with van der Waals surface area (Å²) in [6.07, 6.45) is 7.95. The SMILES string of the molecule is CS(=O)(=O)Nc1ccn(C(=O)Oc2ccc([N+](=O)[O-])cc2)n1.C[C@@H]1C[C@H](N(C)Cc2ccc(Cl)c(N3CC4COCC4C3)c2)CCN1.C[C@@H]1C[C@H](N(C)Cc2ccc(Cl)c(N3CC4COCC4C3)c2)CCN1C(=O)n1ccc(NS(C)(=O)=O)n1. The first kappa shape index (κ1) is 62.4.